The zero-order chi connectivity index (χ0) is 19.8. The van der Waals surface area contributed by atoms with E-state index in [1.807, 2.05) is 13.1 Å². The van der Waals surface area contributed by atoms with Gasteiger partial charge in [-0.3, -0.25) is 4.90 Å². The van der Waals surface area contributed by atoms with Crippen molar-refractivity contribution in [3.63, 3.8) is 0 Å². The second kappa shape index (κ2) is 7.12. The van der Waals surface area contributed by atoms with Crippen molar-refractivity contribution in [1.29, 1.82) is 0 Å². The molecule has 1 aromatic carbocycles. The number of allylic oxidation sites excluding steroid dienone is 5. The van der Waals surface area contributed by atoms with Gasteiger partial charge >= 0.3 is 0 Å². The number of likely N-dealkylation sites (N-methyl/N-ethyl adjacent to an activating group) is 1. The highest BCUT2D eigenvalue weighted by atomic mass is 16.8. The average Bonchev–Trinajstić information content (AvgIpc) is 3.16. The number of hydrogen-bond donors (Lipinski definition) is 1. The molecule has 0 amide bonds. The molecule has 148 valence electrons. The topological polar surface area (TPSA) is 100 Å². The van der Waals surface area contributed by atoms with Crippen LogP contribution in [0.3, 0.4) is 0 Å². The van der Waals surface area contributed by atoms with Gasteiger partial charge in [0.1, 0.15) is 5.76 Å². The molecule has 0 bridgehead atoms. The summed E-state index contributed by atoms with van der Waals surface area (Å²) < 4.78 is 16.8. The first-order valence-corrected chi connectivity index (χ1v) is 8.98. The van der Waals surface area contributed by atoms with Gasteiger partial charge in [0.15, 0.2) is 11.5 Å². The molecule has 2 heterocycles. The van der Waals surface area contributed by atoms with Crippen molar-refractivity contribution in [2.45, 2.75) is 18.9 Å². The SMILES string of the molecule is COc1c2c(cc3c1[C@H](CC(O)=C1C=CC(=[N+]([O-])[O-])C=C1)N(C)CC3)OCO2. The molecule has 8 heteroatoms. The number of rotatable bonds is 3. The quantitative estimate of drug-likeness (QED) is 0.485. The Morgan fingerprint density at radius 3 is 2.71 bits per heavy atom. The fourth-order valence-corrected chi connectivity index (χ4v) is 3.86. The van der Waals surface area contributed by atoms with Gasteiger partial charge in [0, 0.05) is 42.3 Å². The van der Waals surface area contributed by atoms with Crippen LogP contribution in [0.4, 0.5) is 0 Å². The van der Waals surface area contributed by atoms with Gasteiger partial charge in [0.05, 0.1) is 7.11 Å². The molecular formula is C20H21N2O6-. The van der Waals surface area contributed by atoms with E-state index in [-0.39, 0.29) is 24.3 Å². The van der Waals surface area contributed by atoms with E-state index in [9.17, 15) is 15.5 Å². The lowest BCUT2D eigenvalue weighted by Crippen LogP contribution is -2.33. The van der Waals surface area contributed by atoms with Crippen LogP contribution in [0.2, 0.25) is 0 Å². The maximum atomic E-state index is 10.8. The highest BCUT2D eigenvalue weighted by molar-refractivity contribution is 6.02. The van der Waals surface area contributed by atoms with Gasteiger partial charge in [-0.25, -0.2) is 0 Å². The number of methoxy groups -OCH3 is 1. The number of aliphatic hydroxyl groups excluding tert-OH is 1. The standard InChI is InChI=1S/C20H21N2O6/c1-21-8-7-13-9-17-19(28-11-27-17)20(26-2)18(13)15(21)10-16(23)12-3-5-14(6-4-12)22(24)25/h3-6,9,15H,7-8,10-11H2,1-2H3,(H-,23,24,25)/q-1/t15-/m0/s1. The van der Waals surface area contributed by atoms with Gasteiger partial charge in [-0.05, 0) is 37.3 Å². The van der Waals surface area contributed by atoms with Crippen LogP contribution < -0.4 is 14.2 Å². The van der Waals surface area contributed by atoms with Crippen molar-refractivity contribution in [1.82, 2.24) is 4.90 Å². The third-order valence-corrected chi connectivity index (χ3v) is 5.34. The Bertz CT molecular complexity index is 909. The van der Waals surface area contributed by atoms with Gasteiger partial charge < -0.3 is 29.7 Å². The molecule has 0 saturated carbocycles. The fourth-order valence-electron chi connectivity index (χ4n) is 3.86. The molecule has 0 saturated heterocycles. The van der Waals surface area contributed by atoms with Crippen LogP contribution in [0.5, 0.6) is 17.2 Å². The molecule has 1 atom stereocenters. The molecule has 0 unspecified atom stereocenters. The van der Waals surface area contributed by atoms with Gasteiger partial charge in [-0.2, -0.15) is 4.90 Å². The van der Waals surface area contributed by atoms with E-state index in [2.05, 4.69) is 4.90 Å². The van der Waals surface area contributed by atoms with Crippen molar-refractivity contribution in [3.05, 3.63) is 63.2 Å². The Labute approximate surface area is 162 Å². The molecule has 1 N–H and O–H groups in total. The summed E-state index contributed by atoms with van der Waals surface area (Å²) in [5, 5.41) is 32.4. The first-order valence-electron chi connectivity index (χ1n) is 8.98. The molecule has 28 heavy (non-hydrogen) atoms. The summed E-state index contributed by atoms with van der Waals surface area (Å²) in [5.74, 6) is 2.08. The molecule has 3 aliphatic rings. The maximum Gasteiger partial charge on any atom is 0.231 e. The predicted molar refractivity (Wildman–Crippen MR) is 103 cm³/mol. The second-order valence-electron chi connectivity index (χ2n) is 6.92. The number of hydrogen-bond acceptors (Lipinski definition) is 7. The van der Waals surface area contributed by atoms with Crippen LogP contribution in [-0.2, 0) is 6.42 Å². The van der Waals surface area contributed by atoms with E-state index in [4.69, 9.17) is 14.2 Å². The molecule has 2 aliphatic heterocycles. The van der Waals surface area contributed by atoms with E-state index in [1.54, 1.807) is 19.3 Å². The fraction of sp³-hybridized carbons (Fsp3) is 0.350. The van der Waals surface area contributed by atoms with Crippen LogP contribution in [0.25, 0.3) is 0 Å². The minimum Gasteiger partial charge on any atom is -0.612 e. The van der Waals surface area contributed by atoms with Gasteiger partial charge in [0.2, 0.25) is 18.3 Å². The smallest absolute Gasteiger partial charge is 0.231 e. The molecule has 1 aliphatic carbocycles. The lowest BCUT2D eigenvalue weighted by Gasteiger charge is -2.36. The summed E-state index contributed by atoms with van der Waals surface area (Å²) in [6, 6.07) is 1.87. The van der Waals surface area contributed by atoms with Gasteiger partial charge in [-0.1, -0.05) is 0 Å². The Balaban J connectivity index is 1.71. The minimum absolute atomic E-state index is 0.00828. The number of nitrogens with zero attached hydrogens (tertiary/aromatic N) is 2. The summed E-state index contributed by atoms with van der Waals surface area (Å²) in [7, 11) is 3.60. The molecule has 0 spiro atoms. The Morgan fingerprint density at radius 1 is 1.29 bits per heavy atom. The Morgan fingerprint density at radius 2 is 2.04 bits per heavy atom. The zero-order valence-corrected chi connectivity index (χ0v) is 15.7. The van der Waals surface area contributed by atoms with Crippen molar-refractivity contribution < 1.29 is 24.2 Å². The van der Waals surface area contributed by atoms with Gasteiger partial charge in [0.25, 0.3) is 0 Å². The maximum absolute atomic E-state index is 10.8. The average molecular weight is 385 g/mol. The normalized spacial score (nSPS) is 20.3. The summed E-state index contributed by atoms with van der Waals surface area (Å²) in [4.78, 5) is 1.70. The van der Waals surface area contributed by atoms with Crippen LogP contribution in [-0.4, -0.2) is 48.1 Å². The lowest BCUT2D eigenvalue weighted by atomic mass is 9.88. The van der Waals surface area contributed by atoms with Crippen LogP contribution >= 0.6 is 0 Å². The molecular weight excluding hydrogens is 364 g/mol. The largest absolute Gasteiger partial charge is 0.612 e. The molecule has 0 aromatic heterocycles. The van der Waals surface area contributed by atoms with Crippen molar-refractivity contribution in [2.24, 2.45) is 0 Å². The molecule has 1 aromatic rings. The molecule has 0 radical (unpaired) electrons. The second-order valence-corrected chi connectivity index (χ2v) is 6.92. The summed E-state index contributed by atoms with van der Waals surface area (Å²) in [5.41, 5.74) is 2.64. The molecule has 8 nitrogen and oxygen atoms in total. The van der Waals surface area contributed by atoms with Crippen molar-refractivity contribution in [2.75, 3.05) is 27.5 Å². The van der Waals surface area contributed by atoms with E-state index < -0.39 is 4.90 Å². The minimum atomic E-state index is -0.459. The number of fused-ring (bicyclic) bond motifs is 2. The third kappa shape index (κ3) is 3.05. The predicted octanol–water partition coefficient (Wildman–Crippen LogP) is 2.73. The lowest BCUT2D eigenvalue weighted by molar-refractivity contribution is -0.377. The molecule has 0 fully saturated rings. The first-order chi connectivity index (χ1) is 13.5. The Hall–Kier alpha value is -3.13. The first kappa shape index (κ1) is 18.2. The van der Waals surface area contributed by atoms with E-state index >= 15 is 0 Å². The highest BCUT2D eigenvalue weighted by Gasteiger charge is 2.34. The van der Waals surface area contributed by atoms with E-state index in [1.165, 1.54) is 12.2 Å². The van der Waals surface area contributed by atoms with E-state index in [0.717, 1.165) is 24.1 Å². The number of ether oxygens (including phenoxy) is 3. The number of aliphatic hydroxyl groups is 1. The highest BCUT2D eigenvalue weighted by Crippen LogP contribution is 2.50. The van der Waals surface area contributed by atoms with Gasteiger partial charge in [-0.15, -0.1) is 0 Å². The number of benzene rings is 1. The van der Waals surface area contributed by atoms with E-state index in [0.29, 0.717) is 29.2 Å². The Kier molecular flexibility index (Phi) is 4.64. The van der Waals surface area contributed by atoms with Crippen LogP contribution in [0.15, 0.2) is 41.7 Å². The third-order valence-electron chi connectivity index (χ3n) is 5.34. The summed E-state index contributed by atoms with van der Waals surface area (Å²) >= 11 is 0. The van der Waals surface area contributed by atoms with Crippen LogP contribution in [0, 0.1) is 10.4 Å². The molecule has 4 rings (SSSR count). The zero-order valence-electron chi connectivity index (χ0n) is 15.7. The van der Waals surface area contributed by atoms with Crippen molar-refractivity contribution >= 4 is 5.71 Å². The van der Waals surface area contributed by atoms with Crippen LogP contribution in [0.1, 0.15) is 23.6 Å². The summed E-state index contributed by atoms with van der Waals surface area (Å²) in [6.07, 6.45) is 7.10. The summed E-state index contributed by atoms with van der Waals surface area (Å²) in [6.45, 7) is 0.989. The van der Waals surface area contributed by atoms with Crippen molar-refractivity contribution in [3.8, 4) is 17.2 Å². The monoisotopic (exact) mass is 385 g/mol.